The van der Waals surface area contributed by atoms with Crippen LogP contribution in [0.3, 0.4) is 0 Å². The summed E-state index contributed by atoms with van der Waals surface area (Å²) < 4.78 is 7.08. The SMILES string of the molecule is COc1ccc(C)cc1C(C)NC(=O)c1c(C)nn(Cc2ccccc2)c1Cl. The smallest absolute Gasteiger partial charge is 0.256 e. The van der Waals surface area contributed by atoms with Gasteiger partial charge in [-0.2, -0.15) is 5.10 Å². The maximum Gasteiger partial charge on any atom is 0.256 e. The lowest BCUT2D eigenvalue weighted by Gasteiger charge is -2.18. The number of nitrogens with one attached hydrogen (secondary N) is 1. The predicted octanol–water partition coefficient (Wildman–Crippen LogP) is 4.70. The molecule has 0 aliphatic heterocycles. The molecule has 1 heterocycles. The highest BCUT2D eigenvalue weighted by Crippen LogP contribution is 2.27. The zero-order valence-corrected chi connectivity index (χ0v) is 17.2. The van der Waals surface area contributed by atoms with E-state index in [1.807, 2.05) is 62.4 Å². The second-order valence-electron chi connectivity index (χ2n) is 6.84. The molecule has 0 fully saturated rings. The van der Waals surface area contributed by atoms with Crippen molar-refractivity contribution in [1.29, 1.82) is 0 Å². The maximum atomic E-state index is 12.9. The molecule has 0 aliphatic rings. The van der Waals surface area contributed by atoms with Crippen molar-refractivity contribution >= 4 is 17.5 Å². The maximum absolute atomic E-state index is 12.9. The van der Waals surface area contributed by atoms with Gasteiger partial charge in [0.15, 0.2) is 0 Å². The molecule has 6 heteroatoms. The van der Waals surface area contributed by atoms with Crippen LogP contribution < -0.4 is 10.1 Å². The molecule has 0 aliphatic carbocycles. The van der Waals surface area contributed by atoms with Gasteiger partial charge in [-0.25, -0.2) is 4.68 Å². The molecule has 1 atom stereocenters. The fourth-order valence-corrected chi connectivity index (χ4v) is 3.53. The van der Waals surface area contributed by atoms with Crippen LogP contribution in [0.2, 0.25) is 5.15 Å². The second-order valence-corrected chi connectivity index (χ2v) is 7.19. The van der Waals surface area contributed by atoms with E-state index in [1.54, 1.807) is 18.7 Å². The number of amides is 1. The first-order valence-corrected chi connectivity index (χ1v) is 9.50. The van der Waals surface area contributed by atoms with Crippen LogP contribution in [-0.4, -0.2) is 22.8 Å². The quantitative estimate of drug-likeness (QED) is 0.655. The van der Waals surface area contributed by atoms with E-state index in [1.165, 1.54) is 0 Å². The van der Waals surface area contributed by atoms with E-state index in [9.17, 15) is 4.79 Å². The molecule has 28 heavy (non-hydrogen) atoms. The van der Waals surface area contributed by atoms with Gasteiger partial charge >= 0.3 is 0 Å². The van der Waals surface area contributed by atoms with E-state index in [0.717, 1.165) is 22.4 Å². The predicted molar refractivity (Wildman–Crippen MR) is 111 cm³/mol. The molecule has 5 nitrogen and oxygen atoms in total. The molecule has 3 rings (SSSR count). The van der Waals surface area contributed by atoms with Crippen LogP contribution in [0, 0.1) is 13.8 Å². The Labute approximate surface area is 170 Å². The molecule has 1 unspecified atom stereocenters. The van der Waals surface area contributed by atoms with Gasteiger partial charge < -0.3 is 10.1 Å². The second kappa shape index (κ2) is 8.48. The highest BCUT2D eigenvalue weighted by atomic mass is 35.5. The number of ether oxygens (including phenoxy) is 1. The van der Waals surface area contributed by atoms with E-state index in [0.29, 0.717) is 23.0 Å². The average molecular weight is 398 g/mol. The third-order valence-corrected chi connectivity index (χ3v) is 5.05. The lowest BCUT2D eigenvalue weighted by molar-refractivity contribution is 0.0939. The van der Waals surface area contributed by atoms with Crippen molar-refractivity contribution in [3.05, 3.63) is 81.6 Å². The van der Waals surface area contributed by atoms with Gasteiger partial charge in [0.25, 0.3) is 5.91 Å². The van der Waals surface area contributed by atoms with Gasteiger partial charge in [-0.15, -0.1) is 0 Å². The number of methoxy groups -OCH3 is 1. The number of carbonyl (C=O) groups excluding carboxylic acids is 1. The Bertz CT molecular complexity index is 983. The van der Waals surface area contributed by atoms with E-state index < -0.39 is 0 Å². The summed E-state index contributed by atoms with van der Waals surface area (Å²) in [7, 11) is 1.62. The number of aromatic nitrogens is 2. The number of carbonyl (C=O) groups is 1. The summed E-state index contributed by atoms with van der Waals surface area (Å²) in [5.74, 6) is 0.485. The third-order valence-electron chi connectivity index (χ3n) is 4.67. The minimum absolute atomic E-state index is 0.240. The number of halogens is 1. The van der Waals surface area contributed by atoms with Gasteiger partial charge in [0.05, 0.1) is 31.0 Å². The van der Waals surface area contributed by atoms with Gasteiger partial charge in [0.1, 0.15) is 10.9 Å². The molecule has 0 saturated carbocycles. The van der Waals surface area contributed by atoms with Crippen molar-refractivity contribution in [1.82, 2.24) is 15.1 Å². The summed E-state index contributed by atoms with van der Waals surface area (Å²) in [6, 6.07) is 15.5. The van der Waals surface area contributed by atoms with Crippen LogP contribution in [0.15, 0.2) is 48.5 Å². The highest BCUT2D eigenvalue weighted by molar-refractivity contribution is 6.33. The van der Waals surface area contributed by atoms with E-state index in [4.69, 9.17) is 16.3 Å². The molecular formula is C22H24ClN3O2. The first-order chi connectivity index (χ1) is 13.4. The molecule has 1 amide bonds. The molecule has 0 radical (unpaired) electrons. The van der Waals surface area contributed by atoms with Gasteiger partial charge in [0.2, 0.25) is 0 Å². The first-order valence-electron chi connectivity index (χ1n) is 9.13. The molecule has 3 aromatic rings. The molecular weight excluding hydrogens is 374 g/mol. The largest absolute Gasteiger partial charge is 0.496 e. The zero-order valence-electron chi connectivity index (χ0n) is 16.5. The number of benzene rings is 2. The fraction of sp³-hybridized carbons (Fsp3) is 0.273. The lowest BCUT2D eigenvalue weighted by atomic mass is 10.0. The number of hydrogen-bond acceptors (Lipinski definition) is 3. The summed E-state index contributed by atoms with van der Waals surface area (Å²) in [4.78, 5) is 12.9. The molecule has 0 saturated heterocycles. The van der Waals surface area contributed by atoms with Crippen molar-refractivity contribution in [3.63, 3.8) is 0 Å². The number of rotatable bonds is 6. The van der Waals surface area contributed by atoms with Crippen LogP contribution in [-0.2, 0) is 6.54 Å². The Morgan fingerprint density at radius 1 is 1.21 bits per heavy atom. The van der Waals surface area contributed by atoms with Crippen LogP contribution in [0.1, 0.15) is 45.7 Å². The minimum Gasteiger partial charge on any atom is -0.496 e. The first kappa shape index (κ1) is 20.0. The summed E-state index contributed by atoms with van der Waals surface area (Å²) in [5, 5.41) is 7.81. The van der Waals surface area contributed by atoms with Crippen LogP contribution in [0.5, 0.6) is 5.75 Å². The average Bonchev–Trinajstić information content (AvgIpc) is 2.95. The summed E-state index contributed by atoms with van der Waals surface area (Å²) in [6.07, 6.45) is 0. The molecule has 0 spiro atoms. The van der Waals surface area contributed by atoms with E-state index >= 15 is 0 Å². The molecule has 1 N–H and O–H groups in total. The summed E-state index contributed by atoms with van der Waals surface area (Å²) in [5.41, 5.74) is 4.08. The van der Waals surface area contributed by atoms with Crippen molar-refractivity contribution in [3.8, 4) is 5.75 Å². The van der Waals surface area contributed by atoms with Crippen LogP contribution >= 0.6 is 11.6 Å². The summed E-state index contributed by atoms with van der Waals surface area (Å²) >= 11 is 6.50. The van der Waals surface area contributed by atoms with Crippen molar-refractivity contribution < 1.29 is 9.53 Å². The van der Waals surface area contributed by atoms with Crippen LogP contribution in [0.25, 0.3) is 0 Å². The number of aryl methyl sites for hydroxylation is 2. The molecule has 0 bridgehead atoms. The standard InChI is InChI=1S/C22H24ClN3O2/c1-14-10-11-19(28-4)18(12-14)15(2)24-22(27)20-16(3)25-26(21(20)23)13-17-8-6-5-7-9-17/h5-12,15H,13H2,1-4H3,(H,24,27). The van der Waals surface area contributed by atoms with E-state index in [-0.39, 0.29) is 11.9 Å². The van der Waals surface area contributed by atoms with Crippen molar-refractivity contribution in [2.24, 2.45) is 0 Å². The third kappa shape index (κ3) is 4.20. The molecule has 146 valence electrons. The van der Waals surface area contributed by atoms with Gasteiger partial charge in [-0.1, -0.05) is 59.6 Å². The Balaban J connectivity index is 1.82. The molecule has 2 aromatic carbocycles. The highest BCUT2D eigenvalue weighted by Gasteiger charge is 2.23. The monoisotopic (exact) mass is 397 g/mol. The number of nitrogens with zero attached hydrogens (tertiary/aromatic N) is 2. The zero-order chi connectivity index (χ0) is 20.3. The van der Waals surface area contributed by atoms with Gasteiger partial charge in [0, 0.05) is 5.56 Å². The Morgan fingerprint density at radius 3 is 2.61 bits per heavy atom. The number of hydrogen-bond donors (Lipinski definition) is 1. The van der Waals surface area contributed by atoms with Crippen molar-refractivity contribution in [2.45, 2.75) is 33.4 Å². The fourth-order valence-electron chi connectivity index (χ4n) is 3.21. The summed E-state index contributed by atoms with van der Waals surface area (Å²) in [6.45, 7) is 6.23. The van der Waals surface area contributed by atoms with Crippen molar-refractivity contribution in [2.75, 3.05) is 7.11 Å². The van der Waals surface area contributed by atoms with E-state index in [2.05, 4.69) is 10.4 Å². The van der Waals surface area contributed by atoms with Gasteiger partial charge in [-0.05, 0) is 32.4 Å². The Kier molecular flexibility index (Phi) is 6.05. The lowest BCUT2D eigenvalue weighted by Crippen LogP contribution is -2.27. The van der Waals surface area contributed by atoms with Crippen LogP contribution in [0.4, 0.5) is 0 Å². The Hall–Kier alpha value is -2.79. The van der Waals surface area contributed by atoms with Gasteiger partial charge in [-0.3, -0.25) is 4.79 Å². The topological polar surface area (TPSA) is 56.1 Å². The Morgan fingerprint density at radius 2 is 1.93 bits per heavy atom. The normalized spacial score (nSPS) is 11.9. The molecule has 1 aromatic heterocycles. The minimum atomic E-state index is -0.252.